The van der Waals surface area contributed by atoms with Crippen LogP contribution in [0.25, 0.3) is 0 Å². The summed E-state index contributed by atoms with van der Waals surface area (Å²) in [7, 11) is 1.52. The van der Waals surface area contributed by atoms with Crippen LogP contribution < -0.4 is 20.3 Å². The summed E-state index contributed by atoms with van der Waals surface area (Å²) in [4.78, 5) is 23.8. The molecule has 2 amide bonds. The fourth-order valence-electron chi connectivity index (χ4n) is 2.02. The number of rotatable bonds is 5. The Hall–Kier alpha value is -3.53. The van der Waals surface area contributed by atoms with Gasteiger partial charge in [-0.3, -0.25) is 20.4 Å². The molecule has 0 saturated heterocycles. The number of nitriles is 1. The minimum Gasteiger partial charge on any atom is -0.496 e. The van der Waals surface area contributed by atoms with Gasteiger partial charge in [-0.25, -0.2) is 0 Å². The van der Waals surface area contributed by atoms with Crippen LogP contribution in [-0.4, -0.2) is 25.5 Å². The van der Waals surface area contributed by atoms with E-state index in [9.17, 15) is 9.59 Å². The highest BCUT2D eigenvalue weighted by Gasteiger charge is 2.11. The number of aryl methyl sites for hydroxylation is 1. The van der Waals surface area contributed by atoms with Gasteiger partial charge in [0.25, 0.3) is 11.8 Å². The summed E-state index contributed by atoms with van der Waals surface area (Å²) < 4.78 is 10.4. The van der Waals surface area contributed by atoms with Crippen molar-refractivity contribution in [3.05, 3.63) is 59.2 Å². The van der Waals surface area contributed by atoms with Gasteiger partial charge in [-0.15, -0.1) is 0 Å². The van der Waals surface area contributed by atoms with Crippen LogP contribution in [0.1, 0.15) is 21.5 Å². The molecule has 2 aromatic carbocycles. The second-order valence-corrected chi connectivity index (χ2v) is 5.08. The molecule has 2 N–H and O–H groups in total. The largest absolute Gasteiger partial charge is 0.496 e. The Morgan fingerprint density at radius 3 is 2.60 bits per heavy atom. The third-order valence-corrected chi connectivity index (χ3v) is 3.35. The molecular weight excluding hydrogens is 322 g/mol. The van der Waals surface area contributed by atoms with Crippen molar-refractivity contribution < 1.29 is 19.1 Å². The van der Waals surface area contributed by atoms with Gasteiger partial charge in [-0.05, 0) is 36.8 Å². The maximum atomic E-state index is 12.0. The molecule has 2 aromatic rings. The van der Waals surface area contributed by atoms with Crippen molar-refractivity contribution in [1.82, 2.24) is 10.9 Å². The minimum atomic E-state index is -0.555. The van der Waals surface area contributed by atoms with Crippen LogP contribution in [-0.2, 0) is 4.79 Å². The molecule has 7 heteroatoms. The van der Waals surface area contributed by atoms with Gasteiger partial charge in [0.05, 0.1) is 12.7 Å². The topological polar surface area (TPSA) is 100 Å². The zero-order chi connectivity index (χ0) is 18.2. The predicted octanol–water partition coefficient (Wildman–Crippen LogP) is 1.72. The minimum absolute atomic E-state index is 0.301. The summed E-state index contributed by atoms with van der Waals surface area (Å²) in [6.45, 7) is 1.52. The lowest BCUT2D eigenvalue weighted by Gasteiger charge is -2.11. The van der Waals surface area contributed by atoms with E-state index in [-0.39, 0.29) is 6.61 Å². The maximum absolute atomic E-state index is 12.0. The second-order valence-electron chi connectivity index (χ2n) is 5.08. The molecule has 0 atom stereocenters. The number of amides is 2. The zero-order valence-electron chi connectivity index (χ0n) is 13.8. The van der Waals surface area contributed by atoms with E-state index in [4.69, 9.17) is 14.7 Å². The van der Waals surface area contributed by atoms with Crippen molar-refractivity contribution in [1.29, 1.82) is 5.26 Å². The standard InChI is InChI=1S/C18H17N3O4/c1-12-7-8-13(9-16(12)24-2)18(23)21-20-17(22)11-25-15-6-4-3-5-14(15)10-19/h3-9H,11H2,1-2H3,(H,20,22)(H,21,23). The van der Waals surface area contributed by atoms with E-state index in [2.05, 4.69) is 10.9 Å². The number of methoxy groups -OCH3 is 1. The highest BCUT2D eigenvalue weighted by Crippen LogP contribution is 2.18. The first kappa shape index (κ1) is 17.8. The summed E-state index contributed by atoms with van der Waals surface area (Å²) in [6, 6.07) is 13.5. The first-order chi connectivity index (χ1) is 12.0. The average molecular weight is 339 g/mol. The third-order valence-electron chi connectivity index (χ3n) is 3.35. The van der Waals surface area contributed by atoms with Crippen molar-refractivity contribution in [3.63, 3.8) is 0 Å². The third kappa shape index (κ3) is 4.72. The lowest BCUT2D eigenvalue weighted by molar-refractivity contribution is -0.123. The summed E-state index contributed by atoms with van der Waals surface area (Å²) in [6.07, 6.45) is 0. The molecule has 25 heavy (non-hydrogen) atoms. The Kier molecular flexibility index (Phi) is 5.96. The molecule has 0 heterocycles. The number of hydrogen-bond donors (Lipinski definition) is 2. The van der Waals surface area contributed by atoms with E-state index in [1.807, 2.05) is 13.0 Å². The van der Waals surface area contributed by atoms with Crippen LogP contribution in [0.3, 0.4) is 0 Å². The van der Waals surface area contributed by atoms with Crippen LogP contribution in [0.5, 0.6) is 11.5 Å². The van der Waals surface area contributed by atoms with Crippen molar-refractivity contribution >= 4 is 11.8 Å². The van der Waals surface area contributed by atoms with E-state index in [0.29, 0.717) is 22.6 Å². The molecule has 0 bridgehead atoms. The molecule has 7 nitrogen and oxygen atoms in total. The molecule has 2 rings (SSSR count). The lowest BCUT2D eigenvalue weighted by atomic mass is 10.1. The number of nitrogens with one attached hydrogen (secondary N) is 2. The van der Waals surface area contributed by atoms with Crippen LogP contribution >= 0.6 is 0 Å². The number of carbonyl (C=O) groups excluding carboxylic acids is 2. The van der Waals surface area contributed by atoms with E-state index in [1.54, 1.807) is 42.5 Å². The average Bonchev–Trinajstić information content (AvgIpc) is 2.64. The molecular formula is C18H17N3O4. The maximum Gasteiger partial charge on any atom is 0.276 e. The number of ether oxygens (including phenoxy) is 2. The van der Waals surface area contributed by atoms with Gasteiger partial charge in [0.1, 0.15) is 17.6 Å². The van der Waals surface area contributed by atoms with Crippen molar-refractivity contribution in [3.8, 4) is 17.6 Å². The van der Waals surface area contributed by atoms with Gasteiger partial charge in [-0.2, -0.15) is 5.26 Å². The van der Waals surface area contributed by atoms with Gasteiger partial charge in [0, 0.05) is 5.56 Å². The SMILES string of the molecule is COc1cc(C(=O)NNC(=O)COc2ccccc2C#N)ccc1C. The Morgan fingerprint density at radius 2 is 1.88 bits per heavy atom. The molecule has 128 valence electrons. The van der Waals surface area contributed by atoms with E-state index < -0.39 is 11.8 Å². The fourth-order valence-corrected chi connectivity index (χ4v) is 2.02. The van der Waals surface area contributed by atoms with Crippen LogP contribution in [0.2, 0.25) is 0 Å². The number of hydrogen-bond acceptors (Lipinski definition) is 5. The molecule has 0 spiro atoms. The van der Waals surface area contributed by atoms with E-state index in [1.165, 1.54) is 7.11 Å². The smallest absolute Gasteiger partial charge is 0.276 e. The van der Waals surface area contributed by atoms with Crippen molar-refractivity contribution in [2.75, 3.05) is 13.7 Å². The molecule has 0 saturated carbocycles. The van der Waals surface area contributed by atoms with Gasteiger partial charge in [-0.1, -0.05) is 18.2 Å². The Morgan fingerprint density at radius 1 is 1.12 bits per heavy atom. The first-order valence-electron chi connectivity index (χ1n) is 7.41. The number of nitrogens with zero attached hydrogens (tertiary/aromatic N) is 1. The molecule has 0 radical (unpaired) electrons. The summed E-state index contributed by atoms with van der Waals surface area (Å²) in [5.41, 5.74) is 6.12. The molecule has 0 aliphatic rings. The van der Waals surface area contributed by atoms with Crippen molar-refractivity contribution in [2.24, 2.45) is 0 Å². The highest BCUT2D eigenvalue weighted by atomic mass is 16.5. The quantitative estimate of drug-likeness (QED) is 0.808. The lowest BCUT2D eigenvalue weighted by Crippen LogP contribution is -2.43. The predicted molar refractivity (Wildman–Crippen MR) is 90.0 cm³/mol. The molecule has 0 aromatic heterocycles. The van der Waals surface area contributed by atoms with Gasteiger partial charge < -0.3 is 9.47 Å². The molecule has 0 fully saturated rings. The summed E-state index contributed by atoms with van der Waals surface area (Å²) >= 11 is 0. The first-order valence-corrected chi connectivity index (χ1v) is 7.41. The van der Waals surface area contributed by atoms with Gasteiger partial charge >= 0.3 is 0 Å². The van der Waals surface area contributed by atoms with Crippen LogP contribution in [0, 0.1) is 18.3 Å². The Labute approximate surface area is 145 Å². The Bertz CT molecular complexity index is 827. The number of para-hydroxylation sites is 1. The number of carbonyl (C=O) groups is 2. The second kappa shape index (κ2) is 8.36. The fraction of sp³-hybridized carbons (Fsp3) is 0.167. The van der Waals surface area contributed by atoms with Crippen LogP contribution in [0.15, 0.2) is 42.5 Å². The normalized spacial score (nSPS) is 9.64. The van der Waals surface area contributed by atoms with E-state index >= 15 is 0 Å². The van der Waals surface area contributed by atoms with Gasteiger partial charge in [0.15, 0.2) is 6.61 Å². The Balaban J connectivity index is 1.87. The highest BCUT2D eigenvalue weighted by molar-refractivity contribution is 5.96. The van der Waals surface area contributed by atoms with Gasteiger partial charge in [0.2, 0.25) is 0 Å². The summed E-state index contributed by atoms with van der Waals surface area (Å²) in [5, 5.41) is 8.95. The number of benzene rings is 2. The monoisotopic (exact) mass is 339 g/mol. The molecule has 0 aliphatic heterocycles. The molecule has 0 unspecified atom stereocenters. The van der Waals surface area contributed by atoms with E-state index in [0.717, 1.165) is 5.56 Å². The van der Waals surface area contributed by atoms with Crippen molar-refractivity contribution in [2.45, 2.75) is 6.92 Å². The van der Waals surface area contributed by atoms with Crippen LogP contribution in [0.4, 0.5) is 0 Å². The zero-order valence-corrected chi connectivity index (χ0v) is 13.8. The summed E-state index contributed by atoms with van der Waals surface area (Å²) in [5.74, 6) is -0.158. The molecule has 0 aliphatic carbocycles. The number of hydrazine groups is 1.